The van der Waals surface area contributed by atoms with Crippen LogP contribution in [0.5, 0.6) is 0 Å². The summed E-state index contributed by atoms with van der Waals surface area (Å²) in [7, 11) is -3.32. The Bertz CT molecular complexity index is 1440. The van der Waals surface area contributed by atoms with Crippen molar-refractivity contribution in [1.29, 1.82) is 0 Å². The minimum absolute atomic E-state index is 0.0346. The van der Waals surface area contributed by atoms with Crippen LogP contribution in [0.25, 0.3) is 28.2 Å². The number of benzene rings is 2. The zero-order valence-electron chi connectivity index (χ0n) is 18.1. The number of sulfone groups is 1. The van der Waals surface area contributed by atoms with Crippen molar-refractivity contribution < 1.29 is 13.2 Å². The number of hydrogen-bond acceptors (Lipinski definition) is 6. The zero-order valence-corrected chi connectivity index (χ0v) is 18.9. The van der Waals surface area contributed by atoms with E-state index in [1.807, 2.05) is 47.4 Å². The molecule has 0 radical (unpaired) electrons. The average Bonchev–Trinajstić information content (AvgIpc) is 3.27. The van der Waals surface area contributed by atoms with Gasteiger partial charge in [0.25, 0.3) is 5.91 Å². The van der Waals surface area contributed by atoms with Gasteiger partial charge in [0.2, 0.25) is 0 Å². The van der Waals surface area contributed by atoms with Gasteiger partial charge in [0.15, 0.2) is 15.5 Å². The first-order chi connectivity index (χ1) is 15.9. The van der Waals surface area contributed by atoms with E-state index in [-0.39, 0.29) is 10.8 Å². The van der Waals surface area contributed by atoms with Crippen molar-refractivity contribution in [3.05, 3.63) is 72.4 Å². The number of nitrogens with one attached hydrogen (secondary N) is 1. The van der Waals surface area contributed by atoms with Crippen molar-refractivity contribution in [3.8, 4) is 22.5 Å². The highest BCUT2D eigenvalue weighted by Crippen LogP contribution is 2.25. The highest BCUT2D eigenvalue weighted by Gasteiger charge is 2.18. The number of amides is 1. The summed E-state index contributed by atoms with van der Waals surface area (Å²) in [6.07, 6.45) is 2.93. The molecule has 1 amide bonds. The number of piperazine rings is 1. The summed E-state index contributed by atoms with van der Waals surface area (Å²) in [5.41, 5.74) is 4.34. The number of carbonyl (C=O) groups is 1. The molecule has 0 spiro atoms. The second kappa shape index (κ2) is 8.42. The van der Waals surface area contributed by atoms with E-state index in [1.165, 1.54) is 6.26 Å². The van der Waals surface area contributed by atoms with Gasteiger partial charge in [-0.3, -0.25) is 4.79 Å². The third-order valence-corrected chi connectivity index (χ3v) is 6.86. The quantitative estimate of drug-likeness (QED) is 0.502. The van der Waals surface area contributed by atoms with Crippen LogP contribution in [-0.4, -0.2) is 66.3 Å². The second-order valence-corrected chi connectivity index (χ2v) is 10.1. The molecule has 9 heteroatoms. The standard InChI is InChI=1S/C24H23N5O3S/c1-33(31,32)20-4-2-3-19(15-20)21-9-10-23-26-16-22(29(23)27-21)17-5-7-18(8-6-17)24(30)28-13-11-25-12-14-28/h2-10,15-16,25H,11-14H2,1H3. The van der Waals surface area contributed by atoms with Crippen molar-refractivity contribution >= 4 is 21.4 Å². The van der Waals surface area contributed by atoms with E-state index in [1.54, 1.807) is 28.9 Å². The van der Waals surface area contributed by atoms with E-state index < -0.39 is 9.84 Å². The predicted octanol–water partition coefficient (Wildman–Crippen LogP) is 2.51. The number of fused-ring (bicyclic) bond motifs is 1. The van der Waals surface area contributed by atoms with Crippen molar-refractivity contribution in [1.82, 2.24) is 24.8 Å². The van der Waals surface area contributed by atoms with Crippen LogP contribution in [0.1, 0.15) is 10.4 Å². The number of carbonyl (C=O) groups excluding carboxylic acids is 1. The Labute approximate surface area is 191 Å². The second-order valence-electron chi connectivity index (χ2n) is 8.05. The van der Waals surface area contributed by atoms with Crippen LogP contribution >= 0.6 is 0 Å². The maximum absolute atomic E-state index is 12.7. The molecule has 0 bridgehead atoms. The predicted molar refractivity (Wildman–Crippen MR) is 126 cm³/mol. The Hall–Kier alpha value is -3.56. The van der Waals surface area contributed by atoms with Gasteiger partial charge >= 0.3 is 0 Å². The molecular weight excluding hydrogens is 438 g/mol. The Kier molecular flexibility index (Phi) is 5.43. The minimum atomic E-state index is -3.32. The smallest absolute Gasteiger partial charge is 0.253 e. The maximum atomic E-state index is 12.7. The molecule has 168 valence electrons. The maximum Gasteiger partial charge on any atom is 0.253 e. The summed E-state index contributed by atoms with van der Waals surface area (Å²) in [5.74, 6) is 0.0346. The van der Waals surface area contributed by atoms with Gasteiger partial charge in [-0.1, -0.05) is 24.3 Å². The molecule has 1 aliphatic rings. The SMILES string of the molecule is CS(=O)(=O)c1cccc(-c2ccc3ncc(-c4ccc(C(=O)N5CCNCC5)cc4)n3n2)c1. The molecule has 1 saturated heterocycles. The van der Waals surface area contributed by atoms with E-state index in [0.717, 1.165) is 24.3 Å². The first kappa shape index (κ1) is 21.3. The van der Waals surface area contributed by atoms with Crippen molar-refractivity contribution in [2.45, 2.75) is 4.90 Å². The molecule has 4 aromatic rings. The Balaban J connectivity index is 1.48. The molecular formula is C24H23N5O3S. The molecule has 1 aliphatic heterocycles. The van der Waals surface area contributed by atoms with E-state index in [0.29, 0.717) is 35.6 Å². The fourth-order valence-corrected chi connectivity index (χ4v) is 4.61. The number of hydrogen-bond donors (Lipinski definition) is 1. The molecule has 5 rings (SSSR count). The fraction of sp³-hybridized carbons (Fsp3) is 0.208. The van der Waals surface area contributed by atoms with Crippen LogP contribution in [0.15, 0.2) is 71.8 Å². The van der Waals surface area contributed by atoms with Gasteiger partial charge in [0.05, 0.1) is 22.5 Å². The van der Waals surface area contributed by atoms with Crippen LogP contribution in [0, 0.1) is 0 Å². The number of imidazole rings is 1. The summed E-state index contributed by atoms with van der Waals surface area (Å²) in [4.78, 5) is 19.3. The van der Waals surface area contributed by atoms with Gasteiger partial charge in [-0.25, -0.2) is 17.9 Å². The lowest BCUT2D eigenvalue weighted by Gasteiger charge is -2.27. The molecule has 0 saturated carbocycles. The van der Waals surface area contributed by atoms with Crippen LogP contribution in [-0.2, 0) is 9.84 Å². The molecule has 0 unspecified atom stereocenters. The van der Waals surface area contributed by atoms with Crippen molar-refractivity contribution in [3.63, 3.8) is 0 Å². The monoisotopic (exact) mass is 461 g/mol. The third-order valence-electron chi connectivity index (χ3n) is 5.75. The van der Waals surface area contributed by atoms with Gasteiger partial charge in [-0.05, 0) is 36.4 Å². The number of nitrogens with zero attached hydrogens (tertiary/aromatic N) is 4. The number of aromatic nitrogens is 3. The Morgan fingerprint density at radius 3 is 2.45 bits per heavy atom. The van der Waals surface area contributed by atoms with Gasteiger partial charge in [0.1, 0.15) is 0 Å². The molecule has 0 aliphatic carbocycles. The van der Waals surface area contributed by atoms with Crippen molar-refractivity contribution in [2.24, 2.45) is 0 Å². The topological polar surface area (TPSA) is 96.7 Å². The lowest BCUT2D eigenvalue weighted by atomic mass is 10.1. The van der Waals surface area contributed by atoms with Gasteiger partial charge < -0.3 is 10.2 Å². The lowest BCUT2D eigenvalue weighted by molar-refractivity contribution is 0.0736. The largest absolute Gasteiger partial charge is 0.336 e. The normalized spacial score (nSPS) is 14.5. The Morgan fingerprint density at radius 2 is 1.73 bits per heavy atom. The van der Waals surface area contributed by atoms with Crippen LogP contribution in [0.2, 0.25) is 0 Å². The van der Waals surface area contributed by atoms with E-state index in [4.69, 9.17) is 5.10 Å². The number of rotatable bonds is 4. The Morgan fingerprint density at radius 1 is 0.970 bits per heavy atom. The highest BCUT2D eigenvalue weighted by atomic mass is 32.2. The summed E-state index contributed by atoms with van der Waals surface area (Å²) in [6, 6.07) is 17.9. The molecule has 2 aromatic heterocycles. The van der Waals surface area contributed by atoms with E-state index in [9.17, 15) is 13.2 Å². The molecule has 0 atom stereocenters. The average molecular weight is 462 g/mol. The lowest BCUT2D eigenvalue weighted by Crippen LogP contribution is -2.46. The molecule has 33 heavy (non-hydrogen) atoms. The van der Waals surface area contributed by atoms with Crippen molar-refractivity contribution in [2.75, 3.05) is 32.4 Å². The minimum Gasteiger partial charge on any atom is -0.336 e. The van der Waals surface area contributed by atoms with Gasteiger partial charge in [-0.2, -0.15) is 5.10 Å². The zero-order chi connectivity index (χ0) is 23.0. The fourth-order valence-electron chi connectivity index (χ4n) is 3.94. The van der Waals surface area contributed by atoms with Gasteiger partial charge in [0, 0.05) is 49.1 Å². The molecule has 1 N–H and O–H groups in total. The summed E-state index contributed by atoms with van der Waals surface area (Å²) >= 11 is 0. The third kappa shape index (κ3) is 4.24. The summed E-state index contributed by atoms with van der Waals surface area (Å²) in [6.45, 7) is 3.04. The molecule has 8 nitrogen and oxygen atoms in total. The van der Waals surface area contributed by atoms with Gasteiger partial charge in [-0.15, -0.1) is 0 Å². The first-order valence-electron chi connectivity index (χ1n) is 10.7. The molecule has 2 aromatic carbocycles. The van der Waals surface area contributed by atoms with Crippen LogP contribution in [0.3, 0.4) is 0 Å². The first-order valence-corrected chi connectivity index (χ1v) is 12.5. The summed E-state index contributed by atoms with van der Waals surface area (Å²) < 4.78 is 25.6. The van der Waals surface area contributed by atoms with Crippen LogP contribution < -0.4 is 5.32 Å². The van der Waals surface area contributed by atoms with E-state index in [2.05, 4.69) is 10.3 Å². The van der Waals surface area contributed by atoms with E-state index >= 15 is 0 Å². The van der Waals surface area contributed by atoms with Crippen LogP contribution in [0.4, 0.5) is 0 Å². The highest BCUT2D eigenvalue weighted by molar-refractivity contribution is 7.90. The molecule has 1 fully saturated rings. The molecule has 3 heterocycles. The summed E-state index contributed by atoms with van der Waals surface area (Å²) in [5, 5.41) is 7.97.